The monoisotopic (exact) mass is 535 g/mol. The molecule has 1 saturated heterocycles. The van der Waals surface area contributed by atoms with Gasteiger partial charge in [-0.2, -0.15) is 0 Å². The highest BCUT2D eigenvalue weighted by atomic mass is 79.9. The molecule has 1 aliphatic rings. The molecule has 0 radical (unpaired) electrons. The van der Waals surface area contributed by atoms with Gasteiger partial charge in [-0.1, -0.05) is 34.1 Å². The van der Waals surface area contributed by atoms with Crippen molar-refractivity contribution in [1.29, 1.82) is 0 Å². The van der Waals surface area contributed by atoms with E-state index in [9.17, 15) is 19.2 Å². The van der Waals surface area contributed by atoms with Gasteiger partial charge in [-0.25, -0.2) is 4.79 Å². The second-order valence-electron chi connectivity index (χ2n) is 8.10. The van der Waals surface area contributed by atoms with E-state index in [2.05, 4.69) is 15.9 Å². The molecule has 2 unspecified atom stereocenters. The minimum atomic E-state index is -1.26. The van der Waals surface area contributed by atoms with E-state index in [-0.39, 0.29) is 0 Å². The van der Waals surface area contributed by atoms with Gasteiger partial charge in [0.05, 0.1) is 25.8 Å². The van der Waals surface area contributed by atoms with Crippen LogP contribution in [0.5, 0.6) is 5.75 Å². The van der Waals surface area contributed by atoms with Crippen molar-refractivity contribution in [3.63, 3.8) is 0 Å². The van der Waals surface area contributed by atoms with Crippen molar-refractivity contribution in [1.82, 2.24) is 0 Å². The van der Waals surface area contributed by atoms with Crippen molar-refractivity contribution in [3.8, 4) is 5.75 Å². The molecule has 0 aromatic heterocycles. The summed E-state index contributed by atoms with van der Waals surface area (Å²) in [5.41, 5.74) is 2.58. The SMILES string of the molecule is COC(=O)c1ccc(C2C(C(=O)c3ccc(OC)cc3)C(=O)C(=O)N2c2ccc(C)c(Br)c2)cc1. The van der Waals surface area contributed by atoms with Crippen LogP contribution in [0.1, 0.15) is 37.9 Å². The molecule has 35 heavy (non-hydrogen) atoms. The molecule has 0 saturated carbocycles. The molecular weight excluding hydrogens is 514 g/mol. The third-order valence-corrected chi connectivity index (χ3v) is 6.92. The lowest BCUT2D eigenvalue weighted by Gasteiger charge is -2.28. The molecule has 0 bridgehead atoms. The van der Waals surface area contributed by atoms with Crippen LogP contribution in [0.15, 0.2) is 71.2 Å². The van der Waals surface area contributed by atoms with Crippen molar-refractivity contribution in [2.75, 3.05) is 19.1 Å². The molecule has 1 fully saturated rings. The Morgan fingerprint density at radius 2 is 1.51 bits per heavy atom. The number of halogens is 1. The summed E-state index contributed by atoms with van der Waals surface area (Å²) in [5.74, 6) is -3.24. The number of Topliss-reactive ketones (excluding diaryl/α,β-unsaturated/α-hetero) is 2. The number of hydrogen-bond donors (Lipinski definition) is 0. The number of benzene rings is 3. The molecule has 1 amide bonds. The van der Waals surface area contributed by atoms with E-state index in [0.29, 0.717) is 28.1 Å². The first-order valence-electron chi connectivity index (χ1n) is 10.8. The van der Waals surface area contributed by atoms with Gasteiger partial charge in [0.2, 0.25) is 5.78 Å². The third kappa shape index (κ3) is 4.49. The lowest BCUT2D eigenvalue weighted by Crippen LogP contribution is -2.30. The standard InChI is InChI=1S/C27H22BrNO6/c1-15-4-11-19(14-21(15)28)29-23(16-5-7-18(8-6-16)27(33)35-3)22(25(31)26(29)32)24(30)17-9-12-20(34-2)13-10-17/h4-14,22-23H,1-3H3. The maximum absolute atomic E-state index is 13.6. The van der Waals surface area contributed by atoms with Gasteiger partial charge in [0.15, 0.2) is 5.78 Å². The number of ether oxygens (including phenoxy) is 2. The van der Waals surface area contributed by atoms with Crippen molar-refractivity contribution >= 4 is 45.1 Å². The molecule has 8 heteroatoms. The molecule has 7 nitrogen and oxygen atoms in total. The van der Waals surface area contributed by atoms with Gasteiger partial charge < -0.3 is 9.47 Å². The van der Waals surface area contributed by atoms with Gasteiger partial charge in [0.1, 0.15) is 11.7 Å². The Balaban J connectivity index is 1.83. The van der Waals surface area contributed by atoms with E-state index in [1.165, 1.54) is 19.1 Å². The zero-order valence-corrected chi connectivity index (χ0v) is 20.9. The maximum Gasteiger partial charge on any atom is 0.337 e. The minimum Gasteiger partial charge on any atom is -0.497 e. The second-order valence-corrected chi connectivity index (χ2v) is 8.96. The summed E-state index contributed by atoms with van der Waals surface area (Å²) in [4.78, 5) is 53.4. The fraction of sp³-hybridized carbons (Fsp3) is 0.185. The molecular formula is C27H22BrNO6. The zero-order valence-electron chi connectivity index (χ0n) is 19.3. The highest BCUT2D eigenvalue weighted by Crippen LogP contribution is 2.42. The second kappa shape index (κ2) is 9.84. The number of ketones is 2. The largest absolute Gasteiger partial charge is 0.497 e. The lowest BCUT2D eigenvalue weighted by atomic mass is 9.86. The number of esters is 1. The zero-order chi connectivity index (χ0) is 25.3. The van der Waals surface area contributed by atoms with E-state index in [1.807, 2.05) is 13.0 Å². The van der Waals surface area contributed by atoms with Gasteiger partial charge in [-0.15, -0.1) is 0 Å². The molecule has 0 spiro atoms. The molecule has 178 valence electrons. The average molecular weight is 536 g/mol. The summed E-state index contributed by atoms with van der Waals surface area (Å²) in [7, 11) is 2.80. The average Bonchev–Trinajstić information content (AvgIpc) is 3.15. The van der Waals surface area contributed by atoms with Gasteiger partial charge in [0.25, 0.3) is 5.91 Å². The third-order valence-electron chi connectivity index (χ3n) is 6.07. The minimum absolute atomic E-state index is 0.292. The van der Waals surface area contributed by atoms with E-state index in [0.717, 1.165) is 10.0 Å². The number of rotatable bonds is 6. The predicted molar refractivity (Wildman–Crippen MR) is 133 cm³/mol. The Hall–Kier alpha value is -3.78. The van der Waals surface area contributed by atoms with Gasteiger partial charge in [0, 0.05) is 15.7 Å². The summed E-state index contributed by atoms with van der Waals surface area (Å²) < 4.78 is 10.7. The van der Waals surface area contributed by atoms with Gasteiger partial charge in [-0.3, -0.25) is 19.3 Å². The smallest absolute Gasteiger partial charge is 0.337 e. The Kier molecular flexibility index (Phi) is 6.84. The van der Waals surface area contributed by atoms with Crippen LogP contribution in [0.4, 0.5) is 5.69 Å². The van der Waals surface area contributed by atoms with Crippen molar-refractivity contribution in [3.05, 3.63) is 93.5 Å². The Morgan fingerprint density at radius 1 is 0.886 bits per heavy atom. The van der Waals surface area contributed by atoms with Crippen LogP contribution in [0.25, 0.3) is 0 Å². The lowest BCUT2D eigenvalue weighted by molar-refractivity contribution is -0.135. The normalized spacial score (nSPS) is 17.4. The number of carbonyl (C=O) groups excluding carboxylic acids is 4. The van der Waals surface area contributed by atoms with E-state index >= 15 is 0 Å². The number of hydrogen-bond acceptors (Lipinski definition) is 6. The Bertz CT molecular complexity index is 1320. The fourth-order valence-electron chi connectivity index (χ4n) is 4.15. The molecule has 0 N–H and O–H groups in total. The van der Waals surface area contributed by atoms with Crippen LogP contribution in [-0.4, -0.2) is 37.7 Å². The molecule has 0 aliphatic carbocycles. The fourth-order valence-corrected chi connectivity index (χ4v) is 4.52. The number of carbonyl (C=O) groups is 4. The molecule has 1 heterocycles. The highest BCUT2D eigenvalue weighted by molar-refractivity contribution is 9.10. The topological polar surface area (TPSA) is 90.0 Å². The van der Waals surface area contributed by atoms with E-state index in [1.54, 1.807) is 60.7 Å². The number of aryl methyl sites for hydroxylation is 1. The van der Waals surface area contributed by atoms with Crippen molar-refractivity contribution < 1.29 is 28.7 Å². The van der Waals surface area contributed by atoms with Crippen LogP contribution in [-0.2, 0) is 14.3 Å². The first-order valence-corrected chi connectivity index (χ1v) is 11.6. The first kappa shape index (κ1) is 24.3. The molecule has 1 aliphatic heterocycles. The molecule has 3 aromatic carbocycles. The number of methoxy groups -OCH3 is 2. The summed E-state index contributed by atoms with van der Waals surface area (Å²) in [5, 5.41) is 0. The van der Waals surface area contributed by atoms with Crippen LogP contribution in [0.3, 0.4) is 0 Å². The number of nitrogens with zero attached hydrogens (tertiary/aromatic N) is 1. The summed E-state index contributed by atoms with van der Waals surface area (Å²) in [6.07, 6.45) is 0. The predicted octanol–water partition coefficient (Wildman–Crippen LogP) is 4.71. The number of amides is 1. The van der Waals surface area contributed by atoms with E-state index < -0.39 is 35.4 Å². The Morgan fingerprint density at radius 3 is 2.09 bits per heavy atom. The summed E-state index contributed by atoms with van der Waals surface area (Å²) >= 11 is 3.48. The van der Waals surface area contributed by atoms with Crippen LogP contribution in [0, 0.1) is 12.8 Å². The molecule has 2 atom stereocenters. The quantitative estimate of drug-likeness (QED) is 0.196. The first-order chi connectivity index (χ1) is 16.8. The highest BCUT2D eigenvalue weighted by Gasteiger charge is 2.52. The maximum atomic E-state index is 13.6. The van der Waals surface area contributed by atoms with Crippen LogP contribution < -0.4 is 9.64 Å². The van der Waals surface area contributed by atoms with Crippen LogP contribution in [0.2, 0.25) is 0 Å². The summed E-state index contributed by atoms with van der Waals surface area (Å²) in [6, 6.07) is 17.2. The number of anilines is 1. The van der Waals surface area contributed by atoms with Crippen LogP contribution >= 0.6 is 15.9 Å². The van der Waals surface area contributed by atoms with Gasteiger partial charge in [-0.05, 0) is 66.6 Å². The molecule has 3 aromatic rings. The van der Waals surface area contributed by atoms with E-state index in [4.69, 9.17) is 9.47 Å². The Labute approximate surface area is 210 Å². The van der Waals surface area contributed by atoms with Crippen molar-refractivity contribution in [2.24, 2.45) is 5.92 Å². The summed E-state index contributed by atoms with van der Waals surface area (Å²) in [6.45, 7) is 1.91. The van der Waals surface area contributed by atoms with Gasteiger partial charge >= 0.3 is 5.97 Å². The van der Waals surface area contributed by atoms with Crippen molar-refractivity contribution in [2.45, 2.75) is 13.0 Å². The molecule has 4 rings (SSSR count).